The summed E-state index contributed by atoms with van der Waals surface area (Å²) < 4.78 is 26.4. The number of aliphatic hydroxyl groups excluding tert-OH is 2. The standard InChI is InChI=1S/C47H58N2O9/c1-4-23-49(46(53)54-6-3)43-30-41(48-56-32-33-15-8-7-9-16-33)39-28-35(18-10-12-24-50)38(20-11-13-25-51)44-40-29-37(57-36-19-14-17-34(27-36)31-52)21-22-42(40)58-47(43,45(39)44)55-26-5-2/h5,7-9,14-17,19,21-22,27-29,31,35,38,43-45,50-51H,2,4,6,10-13,18,20,23-26,30,32H2,1,3H3/t35-,38+,43-,44+,45+,47+/m0/s1. The maximum atomic E-state index is 14.0. The molecule has 11 heteroatoms. The number of aldehydes is 1. The lowest BCUT2D eigenvalue weighted by atomic mass is 9.55. The first-order valence-corrected chi connectivity index (χ1v) is 20.8. The van der Waals surface area contributed by atoms with E-state index in [1.54, 1.807) is 36.1 Å². The maximum Gasteiger partial charge on any atom is 0.410 e. The highest BCUT2D eigenvalue weighted by atomic mass is 16.7. The van der Waals surface area contributed by atoms with Crippen LogP contribution < -0.4 is 9.47 Å². The Bertz CT molecular complexity index is 1900. The van der Waals surface area contributed by atoms with Gasteiger partial charge in [0.25, 0.3) is 0 Å². The van der Waals surface area contributed by atoms with E-state index in [4.69, 9.17) is 28.9 Å². The number of benzene rings is 3. The van der Waals surface area contributed by atoms with Gasteiger partial charge in [0, 0.05) is 43.2 Å². The number of allylic oxidation sites excluding steroid dienone is 1. The van der Waals surface area contributed by atoms with Crippen molar-refractivity contribution in [2.75, 3.05) is 33.0 Å². The Kier molecular flexibility index (Phi) is 15.2. The van der Waals surface area contributed by atoms with Crippen molar-refractivity contribution in [1.29, 1.82) is 0 Å². The van der Waals surface area contributed by atoms with Crippen LogP contribution in [0.25, 0.3) is 0 Å². The summed E-state index contributed by atoms with van der Waals surface area (Å²) >= 11 is 0. The van der Waals surface area contributed by atoms with Crippen LogP contribution in [0.2, 0.25) is 0 Å². The molecule has 6 rings (SSSR count). The van der Waals surface area contributed by atoms with Crippen LogP contribution in [-0.2, 0) is 20.9 Å². The fourth-order valence-corrected chi connectivity index (χ4v) is 9.08. The van der Waals surface area contributed by atoms with Crippen molar-refractivity contribution in [2.45, 2.75) is 89.6 Å². The van der Waals surface area contributed by atoms with Crippen LogP contribution in [0, 0.1) is 17.8 Å². The molecular weight excluding hydrogens is 737 g/mol. The molecule has 11 nitrogen and oxygen atoms in total. The quantitative estimate of drug-likeness (QED) is 0.0469. The molecule has 3 aliphatic rings. The Balaban J connectivity index is 1.58. The van der Waals surface area contributed by atoms with Gasteiger partial charge in [-0.25, -0.2) is 4.79 Å². The zero-order valence-electron chi connectivity index (χ0n) is 33.8. The van der Waals surface area contributed by atoms with Crippen LogP contribution >= 0.6 is 0 Å². The fourth-order valence-electron chi connectivity index (χ4n) is 9.08. The van der Waals surface area contributed by atoms with Gasteiger partial charge in [-0.1, -0.05) is 79.5 Å². The molecule has 6 atom stereocenters. The molecule has 1 aliphatic heterocycles. The maximum absolute atomic E-state index is 14.0. The smallest absolute Gasteiger partial charge is 0.410 e. The molecule has 0 radical (unpaired) electrons. The van der Waals surface area contributed by atoms with E-state index in [0.717, 1.165) is 48.7 Å². The van der Waals surface area contributed by atoms with E-state index in [1.165, 1.54) is 0 Å². The van der Waals surface area contributed by atoms with Crippen LogP contribution in [0.4, 0.5) is 4.79 Å². The first-order valence-electron chi connectivity index (χ1n) is 20.8. The molecule has 58 heavy (non-hydrogen) atoms. The Hall–Kier alpha value is -4.97. The van der Waals surface area contributed by atoms with Crippen LogP contribution in [0.5, 0.6) is 17.2 Å². The van der Waals surface area contributed by atoms with E-state index in [0.29, 0.717) is 54.3 Å². The number of aliphatic hydroxyl groups is 2. The highest BCUT2D eigenvalue weighted by Gasteiger charge is 2.65. The highest BCUT2D eigenvalue weighted by molar-refractivity contribution is 6.03. The summed E-state index contributed by atoms with van der Waals surface area (Å²) in [5, 5.41) is 24.7. The lowest BCUT2D eigenvalue weighted by molar-refractivity contribution is -0.255. The van der Waals surface area contributed by atoms with Gasteiger partial charge in [0.1, 0.15) is 36.2 Å². The second-order valence-corrected chi connectivity index (χ2v) is 15.2. The molecule has 1 fully saturated rings. The molecule has 0 bridgehead atoms. The number of hydrogen-bond donors (Lipinski definition) is 2. The normalized spacial score (nSPS) is 23.8. The molecule has 0 spiro atoms. The van der Waals surface area contributed by atoms with E-state index >= 15 is 0 Å². The fraction of sp³-hybridized carbons (Fsp3) is 0.468. The summed E-state index contributed by atoms with van der Waals surface area (Å²) in [7, 11) is 0. The van der Waals surface area contributed by atoms with E-state index in [1.807, 2.05) is 61.5 Å². The Labute approximate surface area is 342 Å². The van der Waals surface area contributed by atoms with Gasteiger partial charge in [0.2, 0.25) is 5.79 Å². The number of rotatable bonds is 21. The van der Waals surface area contributed by atoms with Crippen molar-refractivity contribution < 1.29 is 43.6 Å². The number of unbranched alkanes of at least 4 members (excludes halogenated alkanes) is 2. The van der Waals surface area contributed by atoms with E-state index in [2.05, 4.69) is 12.7 Å². The molecular formula is C47H58N2O9. The lowest BCUT2D eigenvalue weighted by Gasteiger charge is -2.59. The molecule has 0 saturated heterocycles. The SMILES string of the molecule is C=CCO[C@@]12Oc3ccc(Oc4cccc(C=O)c4)cc3[C@H]3[C@H](CCCCO)[C@@H](CCCCO)C=C(C(=NOCc4ccccc4)C[C@@H]1N(CCC)C(=O)OCC)[C@H]32. The number of carbonyl (C=O) groups is 2. The minimum atomic E-state index is -1.38. The van der Waals surface area contributed by atoms with Crippen molar-refractivity contribution in [2.24, 2.45) is 22.9 Å². The second kappa shape index (κ2) is 20.6. The highest BCUT2D eigenvalue weighted by Crippen LogP contribution is 2.62. The summed E-state index contributed by atoms with van der Waals surface area (Å²) in [6.07, 6.45) is 9.88. The van der Waals surface area contributed by atoms with E-state index in [-0.39, 0.29) is 57.2 Å². The molecule has 0 unspecified atom stereocenters. The molecule has 1 amide bonds. The molecule has 310 valence electrons. The summed E-state index contributed by atoms with van der Waals surface area (Å²) in [5.41, 5.74) is 4.07. The first-order chi connectivity index (χ1) is 28.4. The lowest BCUT2D eigenvalue weighted by Crippen LogP contribution is -2.70. The van der Waals surface area contributed by atoms with Crippen LogP contribution in [0.1, 0.15) is 92.6 Å². The number of hydrogen-bond acceptors (Lipinski definition) is 10. The molecule has 1 saturated carbocycles. The minimum absolute atomic E-state index is 0.0504. The Morgan fingerprint density at radius 2 is 1.76 bits per heavy atom. The van der Waals surface area contributed by atoms with Gasteiger partial charge in [0.05, 0.1) is 24.8 Å². The van der Waals surface area contributed by atoms with E-state index in [9.17, 15) is 19.8 Å². The molecule has 2 N–H and O–H groups in total. The number of ether oxygens (including phenoxy) is 4. The van der Waals surface area contributed by atoms with E-state index < -0.39 is 23.8 Å². The number of nitrogens with zero attached hydrogens (tertiary/aromatic N) is 2. The van der Waals surface area contributed by atoms with Gasteiger partial charge < -0.3 is 34.0 Å². The monoisotopic (exact) mass is 794 g/mol. The number of carbonyl (C=O) groups excluding carboxylic acids is 2. The molecule has 2 aliphatic carbocycles. The molecule has 1 heterocycles. The Morgan fingerprint density at radius 1 is 0.983 bits per heavy atom. The summed E-state index contributed by atoms with van der Waals surface area (Å²) in [6.45, 7) is 9.04. The van der Waals surface area contributed by atoms with Gasteiger partial charge in [-0.15, -0.1) is 6.58 Å². The van der Waals surface area contributed by atoms with Crippen molar-refractivity contribution in [3.05, 3.63) is 114 Å². The minimum Gasteiger partial charge on any atom is -0.459 e. The van der Waals surface area contributed by atoms with Gasteiger partial charge in [0.15, 0.2) is 0 Å². The van der Waals surface area contributed by atoms with Gasteiger partial charge in [-0.2, -0.15) is 0 Å². The van der Waals surface area contributed by atoms with Crippen molar-refractivity contribution >= 4 is 18.1 Å². The average molecular weight is 795 g/mol. The zero-order valence-corrected chi connectivity index (χ0v) is 33.8. The third-order valence-corrected chi connectivity index (χ3v) is 11.5. The summed E-state index contributed by atoms with van der Waals surface area (Å²) in [6, 6.07) is 22.0. The number of oxime groups is 1. The third kappa shape index (κ3) is 9.49. The largest absolute Gasteiger partial charge is 0.459 e. The predicted molar refractivity (Wildman–Crippen MR) is 222 cm³/mol. The third-order valence-electron chi connectivity index (χ3n) is 11.5. The van der Waals surface area contributed by atoms with Crippen LogP contribution in [0.3, 0.4) is 0 Å². The topological polar surface area (TPSA) is 136 Å². The number of fused-ring (bicyclic) bond motifs is 2. The van der Waals surface area contributed by atoms with Crippen molar-refractivity contribution in [1.82, 2.24) is 4.90 Å². The molecule has 3 aromatic rings. The van der Waals surface area contributed by atoms with Crippen LogP contribution in [-0.4, -0.2) is 78.0 Å². The van der Waals surface area contributed by atoms with Gasteiger partial charge in [-0.3, -0.25) is 9.69 Å². The van der Waals surface area contributed by atoms with Crippen molar-refractivity contribution in [3.63, 3.8) is 0 Å². The molecule has 3 aromatic carbocycles. The average Bonchev–Trinajstić information content (AvgIpc) is 3.24. The first kappa shape index (κ1) is 42.6. The van der Waals surface area contributed by atoms with Crippen LogP contribution in [0.15, 0.2) is 102 Å². The van der Waals surface area contributed by atoms with Crippen molar-refractivity contribution in [3.8, 4) is 17.2 Å². The second-order valence-electron chi connectivity index (χ2n) is 15.2. The number of amides is 1. The predicted octanol–water partition coefficient (Wildman–Crippen LogP) is 8.99. The summed E-state index contributed by atoms with van der Waals surface area (Å²) in [4.78, 5) is 33.5. The van der Waals surface area contributed by atoms with Gasteiger partial charge in [-0.05, 0) is 92.3 Å². The zero-order chi connectivity index (χ0) is 40.9. The molecule has 0 aromatic heterocycles. The Morgan fingerprint density at radius 3 is 2.48 bits per heavy atom. The van der Waals surface area contributed by atoms with Gasteiger partial charge >= 0.3 is 6.09 Å². The summed E-state index contributed by atoms with van der Waals surface area (Å²) in [5.74, 6) is -0.212.